The van der Waals surface area contributed by atoms with Crippen molar-refractivity contribution >= 4 is 11.8 Å². The molecule has 3 aliphatic rings. The van der Waals surface area contributed by atoms with E-state index in [1.54, 1.807) is 0 Å². The minimum atomic E-state index is -0.678. The Morgan fingerprint density at radius 1 is 1.27 bits per heavy atom. The van der Waals surface area contributed by atoms with Crippen LogP contribution in [0.4, 0.5) is 0 Å². The third kappa shape index (κ3) is 2.05. The minimum Gasteiger partial charge on any atom is -0.469 e. The van der Waals surface area contributed by atoms with E-state index in [0.29, 0.717) is 19.6 Å². The highest BCUT2D eigenvalue weighted by molar-refractivity contribution is 5.90. The lowest BCUT2D eigenvalue weighted by atomic mass is 9.48. The molecule has 0 bridgehead atoms. The summed E-state index contributed by atoms with van der Waals surface area (Å²) in [4.78, 5) is 24.6. The average molecular weight is 310 g/mol. The lowest BCUT2D eigenvalue weighted by Gasteiger charge is -2.59. The Bertz CT molecular complexity index is 481. The Morgan fingerprint density at radius 3 is 2.59 bits per heavy atom. The van der Waals surface area contributed by atoms with E-state index in [1.807, 2.05) is 6.92 Å². The van der Waals surface area contributed by atoms with Crippen LogP contribution in [0.1, 0.15) is 52.4 Å². The van der Waals surface area contributed by atoms with Gasteiger partial charge >= 0.3 is 5.97 Å². The second-order valence-electron chi connectivity index (χ2n) is 7.41. The van der Waals surface area contributed by atoms with E-state index in [9.17, 15) is 9.59 Å². The number of Topliss-reactive ketones (excluding diaryl/α,β-unsaturated/α-hetero) is 1. The number of esters is 1. The Labute approximate surface area is 131 Å². The molecule has 1 saturated heterocycles. The summed E-state index contributed by atoms with van der Waals surface area (Å²) < 4.78 is 17.0. The van der Waals surface area contributed by atoms with Gasteiger partial charge in [-0.2, -0.15) is 0 Å². The summed E-state index contributed by atoms with van der Waals surface area (Å²) in [7, 11) is 1.38. The summed E-state index contributed by atoms with van der Waals surface area (Å²) >= 11 is 0. The molecular weight excluding hydrogens is 284 g/mol. The van der Waals surface area contributed by atoms with E-state index in [1.165, 1.54) is 7.11 Å². The van der Waals surface area contributed by atoms with Gasteiger partial charge in [-0.1, -0.05) is 13.8 Å². The molecule has 1 heterocycles. The number of hydrogen-bond donors (Lipinski definition) is 0. The maximum absolute atomic E-state index is 12.7. The van der Waals surface area contributed by atoms with Crippen LogP contribution in [0.15, 0.2) is 0 Å². The largest absolute Gasteiger partial charge is 0.469 e. The Morgan fingerprint density at radius 2 is 1.95 bits per heavy atom. The third-order valence-electron chi connectivity index (χ3n) is 6.41. The Balaban J connectivity index is 1.98. The zero-order chi connectivity index (χ0) is 16.0. The molecule has 5 nitrogen and oxygen atoms in total. The number of fused-ring (bicyclic) bond motifs is 2. The number of carbonyl (C=O) groups is 2. The maximum atomic E-state index is 12.7. The number of ether oxygens (including phenoxy) is 3. The Kier molecular flexibility index (Phi) is 3.84. The maximum Gasteiger partial charge on any atom is 0.306 e. The van der Waals surface area contributed by atoms with Gasteiger partial charge in [0.1, 0.15) is 5.78 Å². The van der Waals surface area contributed by atoms with Gasteiger partial charge < -0.3 is 14.2 Å². The molecule has 1 aliphatic heterocycles. The van der Waals surface area contributed by atoms with Crippen molar-refractivity contribution in [1.29, 1.82) is 0 Å². The molecule has 0 unspecified atom stereocenters. The SMILES string of the molecule is COC(=O)C[C@]1(C)C(=O)CC[C@@]2(C)[C@@H]1CCCC21OCCO1. The van der Waals surface area contributed by atoms with Gasteiger partial charge in [-0.25, -0.2) is 0 Å². The van der Waals surface area contributed by atoms with E-state index < -0.39 is 11.2 Å². The van der Waals surface area contributed by atoms with Gasteiger partial charge in [-0.15, -0.1) is 0 Å². The third-order valence-corrected chi connectivity index (χ3v) is 6.41. The van der Waals surface area contributed by atoms with Crippen LogP contribution < -0.4 is 0 Å². The molecule has 0 N–H and O–H groups in total. The van der Waals surface area contributed by atoms with Crippen molar-refractivity contribution in [2.75, 3.05) is 20.3 Å². The molecule has 0 aromatic carbocycles. The second kappa shape index (κ2) is 5.31. The molecule has 3 atom stereocenters. The number of methoxy groups -OCH3 is 1. The molecule has 0 amide bonds. The molecule has 3 rings (SSSR count). The standard InChI is InChI=1S/C17H26O5/c1-15(11-14(19)20-3)12-5-4-7-17(21-9-10-22-17)16(12,2)8-6-13(15)18/h12H,4-11H2,1-3H3/t12-,15+,16+/m1/s1. The lowest BCUT2D eigenvalue weighted by molar-refractivity contribution is -0.286. The van der Waals surface area contributed by atoms with E-state index in [-0.39, 0.29) is 29.5 Å². The first-order valence-electron chi connectivity index (χ1n) is 8.26. The lowest BCUT2D eigenvalue weighted by Crippen LogP contribution is -2.62. The van der Waals surface area contributed by atoms with Gasteiger partial charge in [0, 0.05) is 23.7 Å². The Hall–Kier alpha value is -0.940. The van der Waals surface area contributed by atoms with Crippen LogP contribution in [0.2, 0.25) is 0 Å². The fraction of sp³-hybridized carbons (Fsp3) is 0.882. The molecule has 0 radical (unpaired) electrons. The van der Waals surface area contributed by atoms with Crippen LogP contribution >= 0.6 is 0 Å². The smallest absolute Gasteiger partial charge is 0.306 e. The van der Waals surface area contributed by atoms with E-state index in [0.717, 1.165) is 25.7 Å². The van der Waals surface area contributed by atoms with Crippen LogP contribution in [0.3, 0.4) is 0 Å². The highest BCUT2D eigenvalue weighted by Crippen LogP contribution is 2.63. The van der Waals surface area contributed by atoms with Gasteiger partial charge in [-0.05, 0) is 25.2 Å². The van der Waals surface area contributed by atoms with Crippen LogP contribution in [0, 0.1) is 16.7 Å². The monoisotopic (exact) mass is 310 g/mol. The summed E-state index contributed by atoms with van der Waals surface area (Å²) in [5.74, 6) is -0.621. The summed E-state index contributed by atoms with van der Waals surface area (Å²) in [6.07, 6.45) is 4.18. The molecule has 2 aliphatic carbocycles. The van der Waals surface area contributed by atoms with E-state index in [4.69, 9.17) is 14.2 Å². The van der Waals surface area contributed by atoms with Crippen molar-refractivity contribution in [3.63, 3.8) is 0 Å². The quantitative estimate of drug-likeness (QED) is 0.733. The highest BCUT2D eigenvalue weighted by Gasteiger charge is 2.65. The summed E-state index contributed by atoms with van der Waals surface area (Å²) in [5, 5.41) is 0. The molecule has 0 aromatic heterocycles. The van der Waals surface area contributed by atoms with Gasteiger partial charge in [0.05, 0.1) is 26.7 Å². The van der Waals surface area contributed by atoms with Gasteiger partial charge in [0.2, 0.25) is 0 Å². The molecule has 0 aromatic rings. The molecule has 3 fully saturated rings. The van der Waals surface area contributed by atoms with Crippen LogP contribution in [0.5, 0.6) is 0 Å². The fourth-order valence-electron chi connectivity index (χ4n) is 5.17. The van der Waals surface area contributed by atoms with Crippen molar-refractivity contribution in [1.82, 2.24) is 0 Å². The first-order chi connectivity index (χ1) is 10.4. The first-order valence-corrected chi connectivity index (χ1v) is 8.26. The minimum absolute atomic E-state index is 0.0900. The average Bonchev–Trinajstić information content (AvgIpc) is 2.96. The van der Waals surface area contributed by atoms with Crippen molar-refractivity contribution < 1.29 is 23.8 Å². The molecular formula is C17H26O5. The zero-order valence-electron chi connectivity index (χ0n) is 13.8. The van der Waals surface area contributed by atoms with Gasteiger partial charge in [-0.3, -0.25) is 9.59 Å². The van der Waals surface area contributed by atoms with Crippen LogP contribution in [-0.2, 0) is 23.8 Å². The van der Waals surface area contributed by atoms with Crippen molar-refractivity contribution in [3.05, 3.63) is 0 Å². The predicted molar refractivity (Wildman–Crippen MR) is 79.1 cm³/mol. The molecule has 22 heavy (non-hydrogen) atoms. The molecule has 5 heteroatoms. The van der Waals surface area contributed by atoms with Crippen molar-refractivity contribution in [3.8, 4) is 0 Å². The second-order valence-corrected chi connectivity index (χ2v) is 7.41. The first kappa shape index (κ1) is 15.9. The fourth-order valence-corrected chi connectivity index (χ4v) is 5.17. The number of rotatable bonds is 2. The topological polar surface area (TPSA) is 61.8 Å². The number of carbonyl (C=O) groups excluding carboxylic acids is 2. The van der Waals surface area contributed by atoms with Crippen LogP contribution in [0.25, 0.3) is 0 Å². The van der Waals surface area contributed by atoms with E-state index in [2.05, 4.69) is 6.92 Å². The summed E-state index contributed by atoms with van der Waals surface area (Å²) in [5.41, 5.74) is -0.902. The summed E-state index contributed by atoms with van der Waals surface area (Å²) in [6.45, 7) is 5.35. The van der Waals surface area contributed by atoms with Gasteiger partial charge in [0.25, 0.3) is 0 Å². The number of hydrogen-bond acceptors (Lipinski definition) is 5. The highest BCUT2D eigenvalue weighted by atomic mass is 16.7. The van der Waals surface area contributed by atoms with Crippen molar-refractivity contribution in [2.24, 2.45) is 16.7 Å². The van der Waals surface area contributed by atoms with Gasteiger partial charge in [0.15, 0.2) is 5.79 Å². The molecule has 2 saturated carbocycles. The zero-order valence-corrected chi connectivity index (χ0v) is 13.8. The number of ketones is 1. The normalized spacial score (nSPS) is 40.5. The van der Waals surface area contributed by atoms with Crippen molar-refractivity contribution in [2.45, 2.75) is 58.2 Å². The molecule has 124 valence electrons. The van der Waals surface area contributed by atoms with Crippen LogP contribution in [-0.4, -0.2) is 37.9 Å². The van der Waals surface area contributed by atoms with E-state index >= 15 is 0 Å². The summed E-state index contributed by atoms with van der Waals surface area (Å²) in [6, 6.07) is 0. The molecule has 1 spiro atoms. The predicted octanol–water partition coefficient (Wildman–Crippen LogP) is 2.47.